The zero-order valence-electron chi connectivity index (χ0n) is 11.8. The predicted molar refractivity (Wildman–Crippen MR) is 75.0 cm³/mol. The second kappa shape index (κ2) is 6.50. The Balaban J connectivity index is 2.64. The van der Waals surface area contributed by atoms with Gasteiger partial charge in [0.15, 0.2) is 0 Å². The molecule has 0 saturated carbocycles. The Kier molecular flexibility index (Phi) is 5.28. The third-order valence-corrected chi connectivity index (χ3v) is 2.88. The summed E-state index contributed by atoms with van der Waals surface area (Å²) in [6, 6.07) is 9.44. The van der Waals surface area contributed by atoms with Crippen LogP contribution in [0, 0.1) is 11.3 Å². The van der Waals surface area contributed by atoms with Crippen LogP contribution in [-0.4, -0.2) is 16.9 Å². The fourth-order valence-electron chi connectivity index (χ4n) is 2.08. The van der Waals surface area contributed by atoms with Crippen LogP contribution in [-0.2, 0) is 16.0 Å². The minimum Gasteiger partial charge on any atom is -0.481 e. The minimum atomic E-state index is -0.897. The summed E-state index contributed by atoms with van der Waals surface area (Å²) in [6.07, 6.45) is 0.944. The van der Waals surface area contributed by atoms with Gasteiger partial charge in [0.25, 0.3) is 0 Å². The molecule has 0 aliphatic rings. The van der Waals surface area contributed by atoms with Crippen molar-refractivity contribution in [2.24, 2.45) is 11.3 Å². The van der Waals surface area contributed by atoms with Gasteiger partial charge in [0.1, 0.15) is 5.78 Å². The fraction of sp³-hybridized carbons (Fsp3) is 0.500. The van der Waals surface area contributed by atoms with Gasteiger partial charge in [0.05, 0.1) is 5.92 Å². The summed E-state index contributed by atoms with van der Waals surface area (Å²) in [4.78, 5) is 23.2. The zero-order chi connectivity index (χ0) is 14.5. The highest BCUT2D eigenvalue weighted by Gasteiger charge is 2.24. The lowest BCUT2D eigenvalue weighted by atomic mass is 9.85. The van der Waals surface area contributed by atoms with Crippen molar-refractivity contribution in [3.8, 4) is 0 Å². The van der Waals surface area contributed by atoms with Crippen molar-refractivity contribution >= 4 is 11.8 Å². The van der Waals surface area contributed by atoms with E-state index < -0.39 is 11.9 Å². The number of Topliss-reactive ketones (excluding diaryl/α,β-unsaturated/α-hetero) is 1. The standard InChI is InChI=1S/C16H22O3/c1-16(2,3)11-14(17)10-13(15(18)19)9-12-7-5-4-6-8-12/h4-8,13H,9-11H2,1-3H3,(H,18,19)/t13-/m0/s1. The van der Waals surface area contributed by atoms with Crippen LogP contribution >= 0.6 is 0 Å². The number of carboxylic acids is 1. The monoisotopic (exact) mass is 262 g/mol. The molecule has 3 heteroatoms. The van der Waals surface area contributed by atoms with Gasteiger partial charge in [-0.2, -0.15) is 0 Å². The maximum absolute atomic E-state index is 11.9. The average molecular weight is 262 g/mol. The van der Waals surface area contributed by atoms with E-state index in [1.807, 2.05) is 51.1 Å². The van der Waals surface area contributed by atoms with Crippen LogP contribution in [0.3, 0.4) is 0 Å². The lowest BCUT2D eigenvalue weighted by Gasteiger charge is -2.18. The van der Waals surface area contributed by atoms with Crippen LogP contribution in [0.5, 0.6) is 0 Å². The quantitative estimate of drug-likeness (QED) is 0.855. The zero-order valence-corrected chi connectivity index (χ0v) is 11.8. The van der Waals surface area contributed by atoms with Crippen molar-refractivity contribution in [2.45, 2.75) is 40.0 Å². The molecule has 0 bridgehead atoms. The molecule has 0 aliphatic heterocycles. The summed E-state index contributed by atoms with van der Waals surface area (Å²) in [6.45, 7) is 5.95. The molecule has 3 nitrogen and oxygen atoms in total. The molecule has 0 heterocycles. The van der Waals surface area contributed by atoms with Crippen molar-refractivity contribution < 1.29 is 14.7 Å². The van der Waals surface area contributed by atoms with Crippen LogP contribution in [0.25, 0.3) is 0 Å². The van der Waals surface area contributed by atoms with Crippen LogP contribution in [0.15, 0.2) is 30.3 Å². The molecular formula is C16H22O3. The number of ketones is 1. The van der Waals surface area contributed by atoms with Gasteiger partial charge in [-0.15, -0.1) is 0 Å². The minimum absolute atomic E-state index is 0.0239. The number of hydrogen-bond acceptors (Lipinski definition) is 2. The maximum atomic E-state index is 11.9. The molecule has 0 saturated heterocycles. The SMILES string of the molecule is CC(C)(C)CC(=O)C[C@H](Cc1ccccc1)C(=O)O. The first-order valence-electron chi connectivity index (χ1n) is 6.56. The maximum Gasteiger partial charge on any atom is 0.307 e. The largest absolute Gasteiger partial charge is 0.481 e. The van der Waals surface area contributed by atoms with Crippen molar-refractivity contribution in [1.82, 2.24) is 0 Å². The molecule has 1 atom stereocenters. The van der Waals surface area contributed by atoms with Crippen LogP contribution in [0.4, 0.5) is 0 Å². The van der Waals surface area contributed by atoms with Crippen molar-refractivity contribution in [2.75, 3.05) is 0 Å². The lowest BCUT2D eigenvalue weighted by Crippen LogP contribution is -2.22. The van der Waals surface area contributed by atoms with Crippen molar-refractivity contribution in [3.05, 3.63) is 35.9 Å². The van der Waals surface area contributed by atoms with Crippen LogP contribution in [0.2, 0.25) is 0 Å². The number of carbonyl (C=O) groups is 2. The van der Waals surface area contributed by atoms with Gasteiger partial charge in [0.2, 0.25) is 0 Å². The molecule has 1 aromatic rings. The molecule has 0 radical (unpaired) electrons. The van der Waals surface area contributed by atoms with Gasteiger partial charge >= 0.3 is 5.97 Å². The second-order valence-electron chi connectivity index (χ2n) is 6.21. The van der Waals surface area contributed by atoms with E-state index in [9.17, 15) is 14.7 Å². The average Bonchev–Trinajstić information content (AvgIpc) is 2.26. The Hall–Kier alpha value is -1.64. The number of aliphatic carboxylic acids is 1. The van der Waals surface area contributed by atoms with E-state index in [1.54, 1.807) is 0 Å². The first-order valence-corrected chi connectivity index (χ1v) is 6.56. The van der Waals surface area contributed by atoms with E-state index in [0.29, 0.717) is 12.8 Å². The number of hydrogen-bond donors (Lipinski definition) is 1. The Labute approximate surface area is 114 Å². The Morgan fingerprint density at radius 1 is 1.16 bits per heavy atom. The Bertz CT molecular complexity index is 429. The van der Waals surface area contributed by atoms with E-state index in [2.05, 4.69) is 0 Å². The molecule has 1 aromatic carbocycles. The molecule has 0 spiro atoms. The number of carbonyl (C=O) groups excluding carboxylic acids is 1. The van der Waals surface area contributed by atoms with Crippen LogP contribution < -0.4 is 0 Å². The lowest BCUT2D eigenvalue weighted by molar-refractivity contribution is -0.144. The van der Waals surface area contributed by atoms with Crippen molar-refractivity contribution in [3.63, 3.8) is 0 Å². The van der Waals surface area contributed by atoms with E-state index in [4.69, 9.17) is 0 Å². The molecule has 0 aliphatic carbocycles. The third-order valence-electron chi connectivity index (χ3n) is 2.88. The summed E-state index contributed by atoms with van der Waals surface area (Å²) >= 11 is 0. The molecule has 0 unspecified atom stereocenters. The smallest absolute Gasteiger partial charge is 0.307 e. The highest BCUT2D eigenvalue weighted by atomic mass is 16.4. The van der Waals surface area contributed by atoms with E-state index in [1.165, 1.54) is 0 Å². The molecule has 104 valence electrons. The number of rotatable bonds is 6. The molecule has 19 heavy (non-hydrogen) atoms. The topological polar surface area (TPSA) is 54.4 Å². The summed E-state index contributed by atoms with van der Waals surface area (Å²) in [5, 5.41) is 9.23. The highest BCUT2D eigenvalue weighted by molar-refractivity contribution is 5.84. The molecule has 0 amide bonds. The molecule has 0 fully saturated rings. The van der Waals surface area contributed by atoms with Gasteiger partial charge < -0.3 is 5.11 Å². The Morgan fingerprint density at radius 2 is 1.74 bits per heavy atom. The fourth-order valence-corrected chi connectivity index (χ4v) is 2.08. The summed E-state index contributed by atoms with van der Waals surface area (Å²) < 4.78 is 0. The van der Waals surface area contributed by atoms with Gasteiger partial charge in [-0.3, -0.25) is 9.59 Å². The molecular weight excluding hydrogens is 240 g/mol. The Morgan fingerprint density at radius 3 is 2.21 bits per heavy atom. The first-order chi connectivity index (χ1) is 8.78. The van der Waals surface area contributed by atoms with E-state index >= 15 is 0 Å². The summed E-state index contributed by atoms with van der Waals surface area (Å²) in [7, 11) is 0. The summed E-state index contributed by atoms with van der Waals surface area (Å²) in [5.74, 6) is -1.50. The van der Waals surface area contributed by atoms with Gasteiger partial charge in [0, 0.05) is 12.8 Å². The van der Waals surface area contributed by atoms with Gasteiger partial charge in [-0.25, -0.2) is 0 Å². The van der Waals surface area contributed by atoms with E-state index in [-0.39, 0.29) is 17.6 Å². The van der Waals surface area contributed by atoms with E-state index in [0.717, 1.165) is 5.56 Å². The first kappa shape index (κ1) is 15.4. The highest BCUT2D eigenvalue weighted by Crippen LogP contribution is 2.22. The van der Waals surface area contributed by atoms with Gasteiger partial charge in [-0.1, -0.05) is 51.1 Å². The number of carboxylic acid groups (broad SMARTS) is 1. The molecule has 1 rings (SSSR count). The second-order valence-corrected chi connectivity index (χ2v) is 6.21. The molecule has 0 aromatic heterocycles. The third kappa shape index (κ3) is 6.18. The summed E-state index contributed by atoms with van der Waals surface area (Å²) in [5.41, 5.74) is 0.867. The number of benzene rings is 1. The van der Waals surface area contributed by atoms with Gasteiger partial charge in [-0.05, 0) is 17.4 Å². The van der Waals surface area contributed by atoms with Crippen molar-refractivity contribution in [1.29, 1.82) is 0 Å². The normalized spacial score (nSPS) is 13.0. The predicted octanol–water partition coefficient (Wildman–Crippen LogP) is 3.33. The van der Waals surface area contributed by atoms with Crippen LogP contribution in [0.1, 0.15) is 39.2 Å². The molecule has 1 N–H and O–H groups in total.